The first-order valence-electron chi connectivity index (χ1n) is 9.71. The number of nitrogen functional groups attached to an aromatic ring is 1. The summed E-state index contributed by atoms with van der Waals surface area (Å²) in [6.45, 7) is 5.08. The summed E-state index contributed by atoms with van der Waals surface area (Å²) in [5.41, 5.74) is 11.0. The van der Waals surface area contributed by atoms with E-state index in [1.54, 1.807) is 0 Å². The SMILES string of the molecule is CCNC.Cc1cc(-c2cccc(-c3cc([C@@H](O)C=O)on3)c2)nc2c(N)ncnc12. The van der Waals surface area contributed by atoms with E-state index in [1.807, 2.05) is 44.3 Å². The van der Waals surface area contributed by atoms with Crippen molar-refractivity contribution in [3.05, 3.63) is 54.0 Å². The van der Waals surface area contributed by atoms with Gasteiger partial charge in [0.05, 0.1) is 11.2 Å². The summed E-state index contributed by atoms with van der Waals surface area (Å²) < 4.78 is 5.03. The van der Waals surface area contributed by atoms with Gasteiger partial charge in [-0.15, -0.1) is 0 Å². The quantitative estimate of drug-likeness (QED) is 0.416. The van der Waals surface area contributed by atoms with Crippen LogP contribution in [0.5, 0.6) is 0 Å². The van der Waals surface area contributed by atoms with Gasteiger partial charge in [0.2, 0.25) is 0 Å². The topological polar surface area (TPSA) is 140 Å². The van der Waals surface area contributed by atoms with Gasteiger partial charge in [-0.25, -0.2) is 15.0 Å². The Bertz CT molecular complexity index is 1190. The molecule has 0 bridgehead atoms. The number of rotatable bonds is 5. The lowest BCUT2D eigenvalue weighted by molar-refractivity contribution is -0.115. The minimum Gasteiger partial charge on any atom is -0.382 e. The highest BCUT2D eigenvalue weighted by atomic mass is 16.5. The number of anilines is 1. The number of nitrogens with zero attached hydrogens (tertiary/aromatic N) is 4. The molecular weight excluding hydrogens is 396 g/mol. The molecule has 0 radical (unpaired) electrons. The first-order valence-corrected chi connectivity index (χ1v) is 9.71. The van der Waals surface area contributed by atoms with E-state index < -0.39 is 6.10 Å². The fourth-order valence-corrected chi connectivity index (χ4v) is 2.83. The number of nitrogens with two attached hydrogens (primary N) is 1. The second kappa shape index (κ2) is 9.88. The summed E-state index contributed by atoms with van der Waals surface area (Å²) in [5.74, 6) is 0.417. The zero-order chi connectivity index (χ0) is 22.4. The van der Waals surface area contributed by atoms with Crippen LogP contribution in [0.4, 0.5) is 5.82 Å². The molecule has 3 heterocycles. The van der Waals surface area contributed by atoms with Crippen LogP contribution in [0.2, 0.25) is 0 Å². The molecule has 0 aliphatic carbocycles. The summed E-state index contributed by atoms with van der Waals surface area (Å²) >= 11 is 0. The Hall–Kier alpha value is -3.69. The largest absolute Gasteiger partial charge is 0.382 e. The number of carbonyl (C=O) groups excluding carboxylic acids is 1. The molecule has 0 saturated heterocycles. The van der Waals surface area contributed by atoms with Crippen LogP contribution in [0.15, 0.2) is 47.2 Å². The van der Waals surface area contributed by atoms with Crippen molar-refractivity contribution in [2.24, 2.45) is 0 Å². The van der Waals surface area contributed by atoms with Crippen LogP contribution in [0.25, 0.3) is 33.5 Å². The smallest absolute Gasteiger partial charge is 0.173 e. The molecule has 0 aliphatic rings. The predicted octanol–water partition coefficient (Wildman–Crippen LogP) is 2.70. The lowest BCUT2D eigenvalue weighted by atomic mass is 10.0. The summed E-state index contributed by atoms with van der Waals surface area (Å²) in [4.78, 5) is 23.5. The van der Waals surface area contributed by atoms with E-state index >= 15 is 0 Å². The maximum Gasteiger partial charge on any atom is 0.173 e. The molecule has 3 aromatic heterocycles. The molecule has 0 spiro atoms. The number of fused-ring (bicyclic) bond motifs is 1. The predicted molar refractivity (Wildman–Crippen MR) is 118 cm³/mol. The van der Waals surface area contributed by atoms with Crippen molar-refractivity contribution in [3.8, 4) is 22.5 Å². The third-order valence-corrected chi connectivity index (χ3v) is 4.57. The van der Waals surface area contributed by atoms with E-state index in [-0.39, 0.29) is 5.76 Å². The second-order valence-corrected chi connectivity index (χ2v) is 6.76. The van der Waals surface area contributed by atoms with E-state index in [9.17, 15) is 9.90 Å². The number of aromatic nitrogens is 4. The molecule has 4 N–H and O–H groups in total. The van der Waals surface area contributed by atoms with Crippen LogP contribution in [0, 0.1) is 6.92 Å². The van der Waals surface area contributed by atoms with Gasteiger partial charge in [-0.2, -0.15) is 0 Å². The Labute approximate surface area is 179 Å². The number of aldehydes is 1. The number of nitrogens with one attached hydrogen (secondary N) is 1. The monoisotopic (exact) mass is 420 g/mol. The van der Waals surface area contributed by atoms with E-state index in [0.29, 0.717) is 28.8 Å². The second-order valence-electron chi connectivity index (χ2n) is 6.76. The normalized spacial score (nSPS) is 11.6. The molecule has 4 aromatic rings. The number of carbonyl (C=O) groups is 1. The van der Waals surface area contributed by atoms with Gasteiger partial charge in [0, 0.05) is 17.2 Å². The third-order valence-electron chi connectivity index (χ3n) is 4.57. The summed E-state index contributed by atoms with van der Waals surface area (Å²) in [5, 5.41) is 16.4. The third kappa shape index (κ3) is 4.90. The zero-order valence-electron chi connectivity index (χ0n) is 17.5. The molecule has 31 heavy (non-hydrogen) atoms. The Balaban J connectivity index is 0.000000628. The number of aliphatic hydroxyl groups excluding tert-OH is 1. The fraction of sp³-hybridized carbons (Fsp3) is 0.227. The van der Waals surface area contributed by atoms with Crippen LogP contribution in [-0.2, 0) is 4.79 Å². The van der Waals surface area contributed by atoms with Gasteiger partial charge >= 0.3 is 0 Å². The highest BCUT2D eigenvalue weighted by Crippen LogP contribution is 2.29. The van der Waals surface area contributed by atoms with E-state index in [0.717, 1.165) is 28.9 Å². The maximum absolute atomic E-state index is 10.7. The van der Waals surface area contributed by atoms with Crippen LogP contribution < -0.4 is 11.1 Å². The van der Waals surface area contributed by atoms with Gasteiger partial charge in [-0.1, -0.05) is 30.3 Å². The van der Waals surface area contributed by atoms with E-state index in [2.05, 4.69) is 32.3 Å². The van der Waals surface area contributed by atoms with Crippen molar-refractivity contribution < 1.29 is 14.4 Å². The summed E-state index contributed by atoms with van der Waals surface area (Å²) in [7, 11) is 1.93. The van der Waals surface area contributed by atoms with Gasteiger partial charge in [-0.3, -0.25) is 4.79 Å². The van der Waals surface area contributed by atoms with Crippen molar-refractivity contribution in [1.82, 2.24) is 25.4 Å². The lowest BCUT2D eigenvalue weighted by Gasteiger charge is -2.08. The van der Waals surface area contributed by atoms with Crippen molar-refractivity contribution in [2.45, 2.75) is 20.0 Å². The average molecular weight is 420 g/mol. The summed E-state index contributed by atoms with van der Waals surface area (Å²) in [6.07, 6.45) is 0.472. The maximum atomic E-state index is 10.7. The first kappa shape index (κ1) is 22.0. The molecule has 1 atom stereocenters. The highest BCUT2D eigenvalue weighted by molar-refractivity contribution is 5.88. The van der Waals surface area contributed by atoms with Crippen molar-refractivity contribution in [3.63, 3.8) is 0 Å². The standard InChI is InChI=1S/C19H15N5O3.C3H9N/c1-10-5-13(23-18-17(10)21-9-22-19(18)20)11-3-2-4-12(6-11)14-7-16(27-24-14)15(26)8-25;1-3-4-2/h2-9,15,26H,1H3,(H2,20,21,22);4H,3H2,1-2H3/t15-;/m0./s1. The zero-order valence-corrected chi connectivity index (χ0v) is 17.5. The molecule has 0 fully saturated rings. The molecule has 9 heteroatoms. The average Bonchev–Trinajstić information content (AvgIpc) is 3.30. The van der Waals surface area contributed by atoms with Crippen molar-refractivity contribution >= 4 is 23.1 Å². The Morgan fingerprint density at radius 2 is 1.87 bits per heavy atom. The highest BCUT2D eigenvalue weighted by Gasteiger charge is 2.15. The van der Waals surface area contributed by atoms with Crippen molar-refractivity contribution in [2.75, 3.05) is 19.3 Å². The van der Waals surface area contributed by atoms with Crippen LogP contribution in [0.3, 0.4) is 0 Å². The molecule has 0 unspecified atom stereocenters. The van der Waals surface area contributed by atoms with Gasteiger partial charge in [0.25, 0.3) is 0 Å². The van der Waals surface area contributed by atoms with Crippen molar-refractivity contribution in [1.29, 1.82) is 0 Å². The number of benzene rings is 1. The van der Waals surface area contributed by atoms with E-state index in [1.165, 1.54) is 12.4 Å². The van der Waals surface area contributed by atoms with Gasteiger partial charge in [0.1, 0.15) is 17.5 Å². The molecule has 0 amide bonds. The van der Waals surface area contributed by atoms with Crippen LogP contribution in [-0.4, -0.2) is 45.1 Å². The van der Waals surface area contributed by atoms with Crippen LogP contribution in [0.1, 0.15) is 24.4 Å². The number of hydrogen-bond donors (Lipinski definition) is 3. The molecule has 0 aliphatic heterocycles. The Kier molecular flexibility index (Phi) is 7.01. The number of aliphatic hydroxyl groups is 1. The summed E-state index contributed by atoms with van der Waals surface area (Å²) in [6, 6.07) is 11.0. The van der Waals surface area contributed by atoms with Gasteiger partial charge in [-0.05, 0) is 38.2 Å². The molecule has 160 valence electrons. The Morgan fingerprint density at radius 3 is 2.55 bits per heavy atom. The number of pyridine rings is 1. The molecule has 4 rings (SSSR count). The molecule has 1 aromatic carbocycles. The van der Waals surface area contributed by atoms with Gasteiger partial charge < -0.3 is 20.7 Å². The minimum atomic E-state index is -1.33. The first-order chi connectivity index (χ1) is 15.0. The number of hydrogen-bond acceptors (Lipinski definition) is 9. The molecule has 0 saturated carbocycles. The Morgan fingerprint density at radius 1 is 1.16 bits per heavy atom. The minimum absolute atomic E-state index is 0.0926. The fourth-order valence-electron chi connectivity index (χ4n) is 2.83. The van der Waals surface area contributed by atoms with E-state index in [4.69, 9.17) is 10.3 Å². The molecular formula is C22H24N6O3. The lowest BCUT2D eigenvalue weighted by Crippen LogP contribution is -2.01. The van der Waals surface area contributed by atoms with Gasteiger partial charge in [0.15, 0.2) is 24.0 Å². The van der Waals surface area contributed by atoms with Crippen LogP contribution >= 0.6 is 0 Å². The number of aryl methyl sites for hydroxylation is 1. The molecule has 9 nitrogen and oxygen atoms in total.